The van der Waals surface area contributed by atoms with Gasteiger partial charge < -0.3 is 0 Å². The van der Waals surface area contributed by atoms with Crippen LogP contribution in [0.1, 0.15) is 38.3 Å². The molecule has 0 saturated carbocycles. The van der Waals surface area contributed by atoms with Crippen LogP contribution in [0.2, 0.25) is 0 Å². The first kappa shape index (κ1) is 15.7. The first-order chi connectivity index (χ1) is 8.94. The van der Waals surface area contributed by atoms with Crippen molar-refractivity contribution in [1.82, 2.24) is 4.31 Å². The summed E-state index contributed by atoms with van der Waals surface area (Å²) in [6, 6.07) is 8.70. The molecule has 0 bridgehead atoms. The highest BCUT2D eigenvalue weighted by molar-refractivity contribution is 7.88. The molecule has 0 spiro atoms. The summed E-state index contributed by atoms with van der Waals surface area (Å²) < 4.78 is 26.2. The number of nitrogens with zero attached hydrogens (tertiary/aromatic N) is 2. The molecule has 0 aromatic heterocycles. The molecule has 0 aliphatic carbocycles. The summed E-state index contributed by atoms with van der Waals surface area (Å²) in [5.41, 5.74) is 1.25. The maximum absolute atomic E-state index is 12.3. The Bertz CT molecular complexity index is 544. The molecule has 0 fully saturated rings. The van der Waals surface area contributed by atoms with Crippen molar-refractivity contribution >= 4 is 10.0 Å². The van der Waals surface area contributed by atoms with Gasteiger partial charge in [0, 0.05) is 12.6 Å². The minimum Gasteiger partial charge on any atom is -0.212 e. The molecule has 0 N–H and O–H groups in total. The summed E-state index contributed by atoms with van der Waals surface area (Å²) in [5, 5.41) is 8.72. The van der Waals surface area contributed by atoms with Crippen LogP contribution >= 0.6 is 0 Å². The maximum Gasteiger partial charge on any atom is 0.218 e. The zero-order valence-electron chi connectivity index (χ0n) is 11.6. The van der Waals surface area contributed by atoms with Crippen LogP contribution in [0, 0.1) is 11.3 Å². The van der Waals surface area contributed by atoms with Gasteiger partial charge in [-0.2, -0.15) is 9.57 Å². The van der Waals surface area contributed by atoms with E-state index in [1.54, 1.807) is 24.3 Å². The number of benzene rings is 1. The lowest BCUT2D eigenvalue weighted by atomic mass is 10.2. The topological polar surface area (TPSA) is 61.2 Å². The van der Waals surface area contributed by atoms with E-state index >= 15 is 0 Å². The second-order valence-electron chi connectivity index (χ2n) is 4.53. The van der Waals surface area contributed by atoms with Crippen molar-refractivity contribution in [2.45, 2.75) is 39.0 Å². The zero-order chi connectivity index (χ0) is 14.5. The fraction of sp³-hybridized carbons (Fsp3) is 0.500. The van der Waals surface area contributed by atoms with Gasteiger partial charge in [0.25, 0.3) is 0 Å². The smallest absolute Gasteiger partial charge is 0.212 e. The molecule has 0 aliphatic heterocycles. The van der Waals surface area contributed by atoms with Crippen molar-refractivity contribution in [2.24, 2.45) is 0 Å². The van der Waals surface area contributed by atoms with E-state index in [1.165, 1.54) is 4.31 Å². The SMILES string of the molecule is CCC(C)N(CC)S(=O)(=O)Cc1ccc(C#N)cc1. The Kier molecular flexibility index (Phi) is 5.52. The van der Waals surface area contributed by atoms with Crippen LogP contribution in [0.4, 0.5) is 0 Å². The zero-order valence-corrected chi connectivity index (χ0v) is 12.4. The lowest BCUT2D eigenvalue weighted by molar-refractivity contribution is 0.342. The van der Waals surface area contributed by atoms with Crippen LogP contribution in [0.25, 0.3) is 0 Å². The molecule has 0 aliphatic rings. The minimum atomic E-state index is -3.31. The summed E-state index contributed by atoms with van der Waals surface area (Å²) in [7, 11) is -3.31. The Morgan fingerprint density at radius 3 is 2.26 bits per heavy atom. The fourth-order valence-corrected chi connectivity index (χ4v) is 3.83. The molecule has 5 heteroatoms. The quantitative estimate of drug-likeness (QED) is 0.804. The van der Waals surface area contributed by atoms with Crippen LogP contribution in [0.3, 0.4) is 0 Å². The molecule has 1 aromatic rings. The van der Waals surface area contributed by atoms with Crippen molar-refractivity contribution in [2.75, 3.05) is 6.54 Å². The normalized spacial score (nSPS) is 13.2. The van der Waals surface area contributed by atoms with Gasteiger partial charge in [-0.05, 0) is 31.0 Å². The lowest BCUT2D eigenvalue weighted by Crippen LogP contribution is -2.38. The first-order valence-corrected chi connectivity index (χ1v) is 8.04. The van der Waals surface area contributed by atoms with E-state index in [4.69, 9.17) is 5.26 Å². The highest BCUT2D eigenvalue weighted by atomic mass is 32.2. The Morgan fingerprint density at radius 1 is 1.26 bits per heavy atom. The lowest BCUT2D eigenvalue weighted by Gasteiger charge is -2.26. The van der Waals surface area contributed by atoms with Gasteiger partial charge in [0.1, 0.15) is 0 Å². The molecular formula is C14H20N2O2S. The van der Waals surface area contributed by atoms with Gasteiger partial charge in [0.15, 0.2) is 0 Å². The molecule has 1 rings (SSSR count). The van der Waals surface area contributed by atoms with E-state index < -0.39 is 10.0 Å². The summed E-state index contributed by atoms with van der Waals surface area (Å²) in [6.45, 7) is 6.22. The van der Waals surface area contributed by atoms with Crippen molar-refractivity contribution < 1.29 is 8.42 Å². The largest absolute Gasteiger partial charge is 0.218 e. The average molecular weight is 280 g/mol. The Labute approximate surface area is 115 Å². The van der Waals surface area contributed by atoms with Crippen molar-refractivity contribution in [3.63, 3.8) is 0 Å². The standard InChI is InChI=1S/C14H20N2O2S/c1-4-12(3)16(5-2)19(17,18)11-14-8-6-13(10-15)7-9-14/h6-9,12H,4-5,11H2,1-3H3. The van der Waals surface area contributed by atoms with E-state index in [9.17, 15) is 8.42 Å². The molecular weight excluding hydrogens is 260 g/mol. The van der Waals surface area contributed by atoms with E-state index in [1.807, 2.05) is 26.8 Å². The molecule has 0 saturated heterocycles. The average Bonchev–Trinajstić information content (AvgIpc) is 2.39. The predicted octanol–water partition coefficient (Wildman–Crippen LogP) is 2.51. The minimum absolute atomic E-state index is 0.00776. The molecule has 4 nitrogen and oxygen atoms in total. The van der Waals surface area contributed by atoms with Crippen LogP contribution in [0.15, 0.2) is 24.3 Å². The Hall–Kier alpha value is -1.38. The molecule has 1 atom stereocenters. The van der Waals surface area contributed by atoms with Gasteiger partial charge in [-0.3, -0.25) is 0 Å². The van der Waals surface area contributed by atoms with Gasteiger partial charge >= 0.3 is 0 Å². The second-order valence-corrected chi connectivity index (χ2v) is 6.45. The van der Waals surface area contributed by atoms with Gasteiger partial charge in [-0.25, -0.2) is 8.42 Å². The number of sulfonamides is 1. The Balaban J connectivity index is 2.92. The van der Waals surface area contributed by atoms with Crippen molar-refractivity contribution in [3.8, 4) is 6.07 Å². The molecule has 1 unspecified atom stereocenters. The van der Waals surface area contributed by atoms with Crippen molar-refractivity contribution in [1.29, 1.82) is 5.26 Å². The van der Waals surface area contributed by atoms with Gasteiger partial charge in [-0.15, -0.1) is 0 Å². The molecule has 0 amide bonds. The highest BCUT2D eigenvalue weighted by Gasteiger charge is 2.24. The summed E-state index contributed by atoms with van der Waals surface area (Å²) >= 11 is 0. The van der Waals surface area contributed by atoms with Crippen LogP contribution in [-0.2, 0) is 15.8 Å². The summed E-state index contributed by atoms with van der Waals surface area (Å²) in [5.74, 6) is -0.0170. The van der Waals surface area contributed by atoms with Crippen LogP contribution in [0.5, 0.6) is 0 Å². The number of hydrogen-bond donors (Lipinski definition) is 0. The fourth-order valence-electron chi connectivity index (χ4n) is 1.96. The van der Waals surface area contributed by atoms with Crippen LogP contribution in [-0.4, -0.2) is 25.3 Å². The van der Waals surface area contributed by atoms with E-state index in [0.717, 1.165) is 6.42 Å². The van der Waals surface area contributed by atoms with Gasteiger partial charge in [0.2, 0.25) is 10.0 Å². The van der Waals surface area contributed by atoms with Crippen molar-refractivity contribution in [3.05, 3.63) is 35.4 Å². The maximum atomic E-state index is 12.3. The monoisotopic (exact) mass is 280 g/mol. The second kappa shape index (κ2) is 6.69. The highest BCUT2D eigenvalue weighted by Crippen LogP contribution is 2.15. The third kappa shape index (κ3) is 4.05. The third-order valence-corrected chi connectivity index (χ3v) is 5.21. The molecule has 104 valence electrons. The third-order valence-electron chi connectivity index (χ3n) is 3.18. The first-order valence-electron chi connectivity index (χ1n) is 6.43. The van der Waals surface area contributed by atoms with Crippen LogP contribution < -0.4 is 0 Å². The molecule has 0 heterocycles. The van der Waals surface area contributed by atoms with E-state index in [2.05, 4.69) is 0 Å². The predicted molar refractivity (Wildman–Crippen MR) is 75.9 cm³/mol. The molecule has 1 aromatic carbocycles. The summed E-state index contributed by atoms with van der Waals surface area (Å²) in [6.07, 6.45) is 0.792. The number of rotatable bonds is 6. The van der Waals surface area contributed by atoms with E-state index in [0.29, 0.717) is 17.7 Å². The summed E-state index contributed by atoms with van der Waals surface area (Å²) in [4.78, 5) is 0. The van der Waals surface area contributed by atoms with E-state index in [-0.39, 0.29) is 11.8 Å². The number of hydrogen-bond acceptors (Lipinski definition) is 3. The van der Waals surface area contributed by atoms with Gasteiger partial charge in [0.05, 0.1) is 17.4 Å². The number of nitriles is 1. The molecule has 0 radical (unpaired) electrons. The van der Waals surface area contributed by atoms with Gasteiger partial charge in [-0.1, -0.05) is 26.0 Å². The Morgan fingerprint density at radius 2 is 1.84 bits per heavy atom. The molecule has 19 heavy (non-hydrogen) atoms.